The van der Waals surface area contributed by atoms with Crippen molar-refractivity contribution in [1.29, 1.82) is 0 Å². The highest BCUT2D eigenvalue weighted by atomic mass is 35.5. The molecule has 0 fully saturated rings. The van der Waals surface area contributed by atoms with Crippen molar-refractivity contribution in [2.75, 3.05) is 0 Å². The molecule has 1 rings (SSSR count). The van der Waals surface area contributed by atoms with Crippen LogP contribution in [0.4, 0.5) is 0 Å². The highest BCUT2D eigenvalue weighted by molar-refractivity contribution is 6.30. The number of rotatable bonds is 7. The van der Waals surface area contributed by atoms with E-state index in [4.69, 9.17) is 11.6 Å². The highest BCUT2D eigenvalue weighted by Gasteiger charge is 2.13. The zero-order valence-corrected chi connectivity index (χ0v) is 11.9. The Morgan fingerprint density at radius 1 is 1.06 bits per heavy atom. The molecule has 1 aromatic rings. The minimum Gasteiger partial charge on any atom is -0.307 e. The van der Waals surface area contributed by atoms with Gasteiger partial charge in [0.05, 0.1) is 0 Å². The van der Waals surface area contributed by atoms with E-state index in [2.05, 4.69) is 38.2 Å². The zero-order chi connectivity index (χ0) is 12.7. The van der Waals surface area contributed by atoms with Crippen molar-refractivity contribution < 1.29 is 0 Å². The van der Waals surface area contributed by atoms with Crippen molar-refractivity contribution in [3.05, 3.63) is 34.9 Å². The average Bonchev–Trinajstić information content (AvgIpc) is 2.36. The molecule has 0 amide bonds. The molecule has 0 aliphatic heterocycles. The Morgan fingerprint density at radius 3 is 2.18 bits per heavy atom. The molecular weight excluding hydrogens is 230 g/mol. The van der Waals surface area contributed by atoms with Crippen molar-refractivity contribution in [3.8, 4) is 0 Å². The Bertz CT molecular complexity index is 307. The lowest BCUT2D eigenvalue weighted by molar-refractivity contribution is 0.394. The predicted octanol–water partition coefficient (Wildman–Crippen LogP) is 4.96. The summed E-state index contributed by atoms with van der Waals surface area (Å²) in [6.07, 6.45) is 4.79. The number of hydrogen-bond acceptors (Lipinski definition) is 1. The molecule has 2 heteroatoms. The van der Waals surface area contributed by atoms with Crippen molar-refractivity contribution in [2.24, 2.45) is 0 Å². The third-order valence-corrected chi connectivity index (χ3v) is 3.50. The molecule has 2 atom stereocenters. The van der Waals surface area contributed by atoms with E-state index >= 15 is 0 Å². The first-order valence-electron chi connectivity index (χ1n) is 6.72. The van der Waals surface area contributed by atoms with E-state index in [1.165, 1.54) is 24.8 Å². The summed E-state index contributed by atoms with van der Waals surface area (Å²) in [6.45, 7) is 6.72. The van der Waals surface area contributed by atoms with Crippen LogP contribution in [-0.4, -0.2) is 6.04 Å². The maximum Gasteiger partial charge on any atom is 0.0406 e. The summed E-state index contributed by atoms with van der Waals surface area (Å²) in [4.78, 5) is 0. The van der Waals surface area contributed by atoms with E-state index in [1.54, 1.807) is 0 Å². The van der Waals surface area contributed by atoms with Crippen LogP contribution in [0.2, 0.25) is 5.02 Å². The highest BCUT2D eigenvalue weighted by Crippen LogP contribution is 2.20. The van der Waals surface area contributed by atoms with Crippen molar-refractivity contribution in [3.63, 3.8) is 0 Å². The minimum absolute atomic E-state index is 0.448. The van der Waals surface area contributed by atoms with Crippen molar-refractivity contribution in [2.45, 2.75) is 58.5 Å². The predicted molar refractivity (Wildman–Crippen MR) is 76.6 cm³/mol. The van der Waals surface area contributed by atoms with Crippen LogP contribution in [0.5, 0.6) is 0 Å². The molecule has 0 aromatic heterocycles. The van der Waals surface area contributed by atoms with E-state index in [-0.39, 0.29) is 0 Å². The molecule has 96 valence electrons. The quantitative estimate of drug-likeness (QED) is 0.724. The SMILES string of the molecule is CCCC(CC)NC(CC)c1ccc(Cl)cc1. The molecule has 1 N–H and O–H groups in total. The van der Waals surface area contributed by atoms with Gasteiger partial charge in [0.25, 0.3) is 0 Å². The van der Waals surface area contributed by atoms with E-state index in [0.717, 1.165) is 11.4 Å². The van der Waals surface area contributed by atoms with Crippen LogP contribution < -0.4 is 5.32 Å². The van der Waals surface area contributed by atoms with Gasteiger partial charge >= 0.3 is 0 Å². The fraction of sp³-hybridized carbons (Fsp3) is 0.600. The zero-order valence-electron chi connectivity index (χ0n) is 11.2. The molecule has 1 aromatic carbocycles. The van der Waals surface area contributed by atoms with E-state index in [0.29, 0.717) is 12.1 Å². The van der Waals surface area contributed by atoms with Crippen LogP contribution >= 0.6 is 11.6 Å². The van der Waals surface area contributed by atoms with Gasteiger partial charge in [0.2, 0.25) is 0 Å². The molecule has 0 radical (unpaired) electrons. The Labute approximate surface area is 111 Å². The molecule has 0 aliphatic carbocycles. The standard InChI is InChI=1S/C15H24ClN/c1-4-7-14(5-2)17-15(6-3)12-8-10-13(16)11-9-12/h8-11,14-15,17H,4-7H2,1-3H3. The van der Waals surface area contributed by atoms with Gasteiger partial charge in [-0.3, -0.25) is 0 Å². The van der Waals surface area contributed by atoms with Gasteiger partial charge in [0.1, 0.15) is 0 Å². The largest absolute Gasteiger partial charge is 0.307 e. The monoisotopic (exact) mass is 253 g/mol. The van der Waals surface area contributed by atoms with Gasteiger partial charge in [-0.25, -0.2) is 0 Å². The van der Waals surface area contributed by atoms with Gasteiger partial charge < -0.3 is 5.32 Å². The lowest BCUT2D eigenvalue weighted by atomic mass is 10.0. The summed E-state index contributed by atoms with van der Waals surface area (Å²) in [5, 5.41) is 4.56. The number of benzene rings is 1. The Hall–Kier alpha value is -0.530. The maximum absolute atomic E-state index is 5.92. The second kappa shape index (κ2) is 7.73. The van der Waals surface area contributed by atoms with Crippen LogP contribution in [0, 0.1) is 0 Å². The maximum atomic E-state index is 5.92. The van der Waals surface area contributed by atoms with Gasteiger partial charge in [0.15, 0.2) is 0 Å². The van der Waals surface area contributed by atoms with Crippen molar-refractivity contribution >= 4 is 11.6 Å². The fourth-order valence-electron chi connectivity index (χ4n) is 2.18. The number of nitrogens with one attached hydrogen (secondary N) is 1. The van der Waals surface area contributed by atoms with Crippen LogP contribution in [0.1, 0.15) is 58.1 Å². The van der Waals surface area contributed by atoms with Crippen LogP contribution in [0.3, 0.4) is 0 Å². The van der Waals surface area contributed by atoms with Gasteiger partial charge in [-0.15, -0.1) is 0 Å². The fourth-order valence-corrected chi connectivity index (χ4v) is 2.31. The second-order valence-electron chi connectivity index (χ2n) is 4.57. The number of hydrogen-bond donors (Lipinski definition) is 1. The average molecular weight is 254 g/mol. The molecule has 1 nitrogen and oxygen atoms in total. The molecule has 2 unspecified atom stereocenters. The summed E-state index contributed by atoms with van der Waals surface area (Å²) in [7, 11) is 0. The van der Waals surface area contributed by atoms with Crippen molar-refractivity contribution in [1.82, 2.24) is 5.32 Å². The van der Waals surface area contributed by atoms with Crippen LogP contribution in [-0.2, 0) is 0 Å². The molecule has 0 saturated heterocycles. The lowest BCUT2D eigenvalue weighted by Gasteiger charge is -2.24. The molecule has 17 heavy (non-hydrogen) atoms. The second-order valence-corrected chi connectivity index (χ2v) is 5.01. The molecule has 0 spiro atoms. The Morgan fingerprint density at radius 2 is 1.71 bits per heavy atom. The van der Waals surface area contributed by atoms with E-state index in [9.17, 15) is 0 Å². The van der Waals surface area contributed by atoms with Gasteiger partial charge in [-0.2, -0.15) is 0 Å². The van der Waals surface area contributed by atoms with E-state index in [1.807, 2.05) is 12.1 Å². The minimum atomic E-state index is 0.448. The molecule has 0 heterocycles. The summed E-state index contributed by atoms with van der Waals surface area (Å²) < 4.78 is 0. The van der Waals surface area contributed by atoms with Gasteiger partial charge in [0, 0.05) is 17.1 Å². The third-order valence-electron chi connectivity index (χ3n) is 3.25. The number of halogens is 1. The van der Waals surface area contributed by atoms with Crippen LogP contribution in [0.25, 0.3) is 0 Å². The molecule has 0 bridgehead atoms. The topological polar surface area (TPSA) is 12.0 Å². The molecule has 0 aliphatic rings. The summed E-state index contributed by atoms with van der Waals surface area (Å²) in [5.41, 5.74) is 1.34. The van der Waals surface area contributed by atoms with Gasteiger partial charge in [-0.1, -0.05) is 50.9 Å². The normalized spacial score (nSPS) is 14.6. The smallest absolute Gasteiger partial charge is 0.0406 e. The first-order chi connectivity index (χ1) is 8.21. The lowest BCUT2D eigenvalue weighted by Crippen LogP contribution is -2.32. The van der Waals surface area contributed by atoms with Crippen LogP contribution in [0.15, 0.2) is 24.3 Å². The van der Waals surface area contributed by atoms with E-state index < -0.39 is 0 Å². The first kappa shape index (κ1) is 14.5. The Balaban J connectivity index is 2.67. The summed E-state index contributed by atoms with van der Waals surface area (Å²) >= 11 is 5.92. The Kier molecular flexibility index (Phi) is 6.61. The van der Waals surface area contributed by atoms with Gasteiger partial charge in [-0.05, 0) is 37.0 Å². The molecular formula is C15H24ClN. The summed E-state index contributed by atoms with van der Waals surface area (Å²) in [5.74, 6) is 0. The third kappa shape index (κ3) is 4.69. The molecule has 0 saturated carbocycles. The first-order valence-corrected chi connectivity index (χ1v) is 7.10. The summed E-state index contributed by atoms with van der Waals surface area (Å²) in [6, 6.07) is 9.28.